The van der Waals surface area contributed by atoms with Gasteiger partial charge in [0.15, 0.2) is 0 Å². The van der Waals surface area contributed by atoms with Gasteiger partial charge in [0.05, 0.1) is 0 Å². The maximum atomic E-state index is 3.95. The average Bonchev–Trinajstić information content (AvgIpc) is 2.14. The highest BCUT2D eigenvalue weighted by molar-refractivity contribution is 4.92. The van der Waals surface area contributed by atoms with E-state index in [0.717, 1.165) is 25.1 Å². The Labute approximate surface area is 82.9 Å². The van der Waals surface area contributed by atoms with E-state index in [1.54, 1.807) is 0 Å². The molecule has 0 spiro atoms. The Bertz CT molecular complexity index is 138. The third-order valence-corrected chi connectivity index (χ3v) is 2.06. The molecule has 0 saturated carbocycles. The van der Waals surface area contributed by atoms with Crippen LogP contribution in [-0.2, 0) is 0 Å². The molecule has 1 N–H and O–H groups in total. The molecule has 13 heavy (non-hydrogen) atoms. The maximum absolute atomic E-state index is 3.95. The summed E-state index contributed by atoms with van der Waals surface area (Å²) in [5.41, 5.74) is 1.15. The van der Waals surface area contributed by atoms with Gasteiger partial charge in [-0.2, -0.15) is 0 Å². The molecule has 0 aromatic rings. The lowest BCUT2D eigenvalue weighted by atomic mass is 10.2. The minimum Gasteiger partial charge on any atom is -0.389 e. The smallest absolute Gasteiger partial charge is 0.0143 e. The molecule has 0 atom stereocenters. The first-order valence-electron chi connectivity index (χ1n) is 5.33. The second-order valence-corrected chi connectivity index (χ2v) is 3.42. The summed E-state index contributed by atoms with van der Waals surface area (Å²) in [6, 6.07) is 0. The molecule has 0 aromatic carbocycles. The van der Waals surface area contributed by atoms with Crippen molar-refractivity contribution in [2.24, 2.45) is 0 Å². The first kappa shape index (κ1) is 12.3. The number of hydrogen-bond donors (Lipinski definition) is 1. The van der Waals surface area contributed by atoms with Gasteiger partial charge in [-0.25, -0.2) is 0 Å². The summed E-state index contributed by atoms with van der Waals surface area (Å²) in [7, 11) is 0. The minimum atomic E-state index is 1.03. The van der Waals surface area contributed by atoms with Crippen molar-refractivity contribution in [2.75, 3.05) is 6.54 Å². The molecule has 0 aliphatic rings. The van der Waals surface area contributed by atoms with E-state index in [0.29, 0.717) is 0 Å². The third kappa shape index (κ3) is 9.19. The van der Waals surface area contributed by atoms with Crippen LogP contribution >= 0.6 is 0 Å². The topological polar surface area (TPSA) is 12.0 Å². The van der Waals surface area contributed by atoms with E-state index in [1.165, 1.54) is 25.7 Å². The van der Waals surface area contributed by atoms with Crippen molar-refractivity contribution in [1.29, 1.82) is 0 Å². The Hall–Kier alpha value is -0.720. The predicted molar refractivity (Wildman–Crippen MR) is 60.7 cm³/mol. The zero-order chi connectivity index (χ0) is 9.94. The fourth-order valence-corrected chi connectivity index (χ4v) is 1.18. The van der Waals surface area contributed by atoms with E-state index in [9.17, 15) is 0 Å². The zero-order valence-corrected chi connectivity index (χ0v) is 8.94. The number of allylic oxidation sites excluding steroid dienone is 2. The normalized spacial score (nSPS) is 9.62. The van der Waals surface area contributed by atoms with Crippen LogP contribution in [-0.4, -0.2) is 6.54 Å². The lowest BCUT2D eigenvalue weighted by Crippen LogP contribution is -2.13. The highest BCUT2D eigenvalue weighted by Crippen LogP contribution is 2.01. The molecule has 0 rings (SSSR count). The van der Waals surface area contributed by atoms with E-state index in [-0.39, 0.29) is 0 Å². The predicted octanol–water partition coefficient (Wildman–Crippen LogP) is 3.64. The van der Waals surface area contributed by atoms with Crippen molar-refractivity contribution in [3.8, 4) is 0 Å². The lowest BCUT2D eigenvalue weighted by Gasteiger charge is -2.07. The monoisotopic (exact) mass is 181 g/mol. The largest absolute Gasteiger partial charge is 0.389 e. The Kier molecular flexibility index (Phi) is 8.85. The summed E-state index contributed by atoms with van der Waals surface area (Å²) in [4.78, 5) is 0. The molecule has 1 heteroatoms. The van der Waals surface area contributed by atoms with Crippen LogP contribution in [0.4, 0.5) is 0 Å². The van der Waals surface area contributed by atoms with Gasteiger partial charge in [-0.05, 0) is 19.3 Å². The summed E-state index contributed by atoms with van der Waals surface area (Å²) in [6.45, 7) is 10.9. The van der Waals surface area contributed by atoms with Gasteiger partial charge >= 0.3 is 0 Å². The van der Waals surface area contributed by atoms with Gasteiger partial charge < -0.3 is 5.32 Å². The highest BCUT2D eigenvalue weighted by Gasteiger charge is 1.91. The first-order chi connectivity index (χ1) is 6.31. The van der Waals surface area contributed by atoms with Crippen molar-refractivity contribution in [3.63, 3.8) is 0 Å². The highest BCUT2D eigenvalue weighted by atomic mass is 14.9. The van der Waals surface area contributed by atoms with Crippen molar-refractivity contribution in [2.45, 2.75) is 45.4 Å². The van der Waals surface area contributed by atoms with E-state index < -0.39 is 0 Å². The van der Waals surface area contributed by atoms with Gasteiger partial charge in [-0.15, -0.1) is 6.58 Å². The van der Waals surface area contributed by atoms with E-state index in [4.69, 9.17) is 0 Å². The average molecular weight is 181 g/mol. The Balaban J connectivity index is 3.12. The fourth-order valence-electron chi connectivity index (χ4n) is 1.18. The standard InChI is InChI=1S/C12H23N/c1-4-6-8-9-11-13-12(3)10-7-5-2/h5,13H,2-4,6-11H2,1H3. The van der Waals surface area contributed by atoms with Crippen LogP contribution in [0, 0.1) is 0 Å². The summed E-state index contributed by atoms with van der Waals surface area (Å²) in [5.74, 6) is 0. The minimum absolute atomic E-state index is 1.03. The second-order valence-electron chi connectivity index (χ2n) is 3.42. The van der Waals surface area contributed by atoms with Crippen molar-refractivity contribution < 1.29 is 0 Å². The lowest BCUT2D eigenvalue weighted by molar-refractivity contribution is 0.627. The van der Waals surface area contributed by atoms with Crippen LogP contribution in [0.15, 0.2) is 24.9 Å². The SMILES string of the molecule is C=CCCC(=C)NCCCCCC. The molecule has 0 radical (unpaired) electrons. The van der Waals surface area contributed by atoms with Crippen LogP contribution in [0.25, 0.3) is 0 Å². The number of hydrogen-bond acceptors (Lipinski definition) is 1. The second kappa shape index (κ2) is 9.37. The number of unbranched alkanes of at least 4 members (excludes halogenated alkanes) is 3. The van der Waals surface area contributed by atoms with Crippen LogP contribution in [0.1, 0.15) is 45.4 Å². The molecular weight excluding hydrogens is 158 g/mol. The third-order valence-electron chi connectivity index (χ3n) is 2.06. The molecule has 76 valence electrons. The molecule has 0 unspecified atom stereocenters. The maximum Gasteiger partial charge on any atom is 0.0143 e. The summed E-state index contributed by atoms with van der Waals surface area (Å²) >= 11 is 0. The van der Waals surface area contributed by atoms with E-state index in [2.05, 4.69) is 25.4 Å². The summed E-state index contributed by atoms with van der Waals surface area (Å²) in [6.07, 6.45) is 9.24. The summed E-state index contributed by atoms with van der Waals surface area (Å²) in [5, 5.41) is 3.33. The van der Waals surface area contributed by atoms with Gasteiger partial charge in [0.1, 0.15) is 0 Å². The molecule has 0 fully saturated rings. The molecule has 0 aliphatic carbocycles. The van der Waals surface area contributed by atoms with Gasteiger partial charge in [0.2, 0.25) is 0 Å². The van der Waals surface area contributed by atoms with Crippen LogP contribution in [0.5, 0.6) is 0 Å². The van der Waals surface area contributed by atoms with Crippen molar-refractivity contribution in [1.82, 2.24) is 5.32 Å². The molecule has 0 heterocycles. The van der Waals surface area contributed by atoms with E-state index in [1.807, 2.05) is 6.08 Å². The molecule has 0 aliphatic heterocycles. The molecular formula is C12H23N. The van der Waals surface area contributed by atoms with Crippen LogP contribution < -0.4 is 5.32 Å². The quantitative estimate of drug-likeness (QED) is 0.423. The molecule has 0 saturated heterocycles. The molecule has 0 bridgehead atoms. The first-order valence-corrected chi connectivity index (χ1v) is 5.33. The van der Waals surface area contributed by atoms with Gasteiger partial charge in [0.25, 0.3) is 0 Å². The zero-order valence-electron chi connectivity index (χ0n) is 8.94. The van der Waals surface area contributed by atoms with Crippen LogP contribution in [0.3, 0.4) is 0 Å². The Morgan fingerprint density at radius 2 is 2.08 bits per heavy atom. The molecule has 0 aromatic heterocycles. The van der Waals surface area contributed by atoms with Gasteiger partial charge in [0, 0.05) is 12.2 Å². The molecule has 0 amide bonds. The Morgan fingerprint density at radius 3 is 2.69 bits per heavy atom. The van der Waals surface area contributed by atoms with Gasteiger partial charge in [-0.3, -0.25) is 0 Å². The fraction of sp³-hybridized carbons (Fsp3) is 0.667. The van der Waals surface area contributed by atoms with E-state index >= 15 is 0 Å². The van der Waals surface area contributed by atoms with Gasteiger partial charge in [-0.1, -0.05) is 38.8 Å². The molecule has 1 nitrogen and oxygen atoms in total. The van der Waals surface area contributed by atoms with Crippen molar-refractivity contribution >= 4 is 0 Å². The number of nitrogens with one attached hydrogen (secondary N) is 1. The number of rotatable bonds is 9. The Morgan fingerprint density at radius 1 is 1.31 bits per heavy atom. The van der Waals surface area contributed by atoms with Crippen LogP contribution in [0.2, 0.25) is 0 Å². The summed E-state index contributed by atoms with van der Waals surface area (Å²) < 4.78 is 0. The van der Waals surface area contributed by atoms with Crippen molar-refractivity contribution in [3.05, 3.63) is 24.9 Å².